The molecule has 0 saturated carbocycles. The van der Waals surface area contributed by atoms with Crippen LogP contribution in [0.5, 0.6) is 11.5 Å². The summed E-state index contributed by atoms with van der Waals surface area (Å²) in [5, 5.41) is 0. The predicted octanol–water partition coefficient (Wildman–Crippen LogP) is 4.48. The van der Waals surface area contributed by atoms with Crippen molar-refractivity contribution >= 4 is 11.6 Å². The van der Waals surface area contributed by atoms with Crippen LogP contribution in [0.3, 0.4) is 0 Å². The van der Waals surface area contributed by atoms with Gasteiger partial charge in [-0.3, -0.25) is 4.79 Å². The molecule has 0 bridgehead atoms. The lowest BCUT2D eigenvalue weighted by molar-refractivity contribution is -0.118. The van der Waals surface area contributed by atoms with E-state index in [4.69, 9.17) is 13.9 Å². The molecule has 0 atom stereocenters. The molecule has 1 aliphatic heterocycles. The van der Waals surface area contributed by atoms with Crippen LogP contribution in [-0.4, -0.2) is 12.7 Å². The van der Waals surface area contributed by atoms with E-state index < -0.39 is 0 Å². The second-order valence-electron chi connectivity index (χ2n) is 6.53. The highest BCUT2D eigenvalue weighted by Crippen LogP contribution is 2.33. The number of carbonyl (C=O) groups excluding carboxylic acids is 1. The number of rotatable bonds is 6. The van der Waals surface area contributed by atoms with Gasteiger partial charge in [0.1, 0.15) is 5.76 Å². The van der Waals surface area contributed by atoms with Gasteiger partial charge in [0.05, 0.1) is 12.8 Å². The Morgan fingerprint density at radius 3 is 2.70 bits per heavy atom. The molecule has 0 N–H and O–H groups in total. The molecule has 0 fully saturated rings. The molecular weight excluding hydrogens is 342 g/mol. The van der Waals surface area contributed by atoms with E-state index in [2.05, 4.69) is 0 Å². The van der Waals surface area contributed by atoms with Crippen LogP contribution in [0.4, 0.5) is 5.69 Å². The summed E-state index contributed by atoms with van der Waals surface area (Å²) in [6.07, 6.45) is 2.66. The van der Waals surface area contributed by atoms with Crippen molar-refractivity contribution in [2.24, 2.45) is 0 Å². The van der Waals surface area contributed by atoms with Gasteiger partial charge < -0.3 is 18.8 Å². The van der Waals surface area contributed by atoms with Crippen molar-refractivity contribution in [1.29, 1.82) is 0 Å². The zero-order valence-corrected chi connectivity index (χ0v) is 15.2. The predicted molar refractivity (Wildman–Crippen MR) is 102 cm³/mol. The standard InChI is InChI=1S/C22H21NO4/c1-16-5-2-3-7-19(16)23(14-18-6-4-12-25-18)22(24)11-9-17-8-10-20-21(13-17)27-15-26-20/h2-8,10,12-13H,9,11,14-15H2,1H3. The number of hydrogen-bond donors (Lipinski definition) is 0. The first-order chi connectivity index (χ1) is 13.2. The van der Waals surface area contributed by atoms with Crippen molar-refractivity contribution in [2.45, 2.75) is 26.3 Å². The highest BCUT2D eigenvalue weighted by Gasteiger charge is 2.20. The Labute approximate surface area is 158 Å². The quantitative estimate of drug-likeness (QED) is 0.648. The van der Waals surface area contributed by atoms with Crippen LogP contribution in [0.1, 0.15) is 23.3 Å². The molecule has 5 nitrogen and oxygen atoms in total. The van der Waals surface area contributed by atoms with Gasteiger partial charge in [0, 0.05) is 12.1 Å². The number of fused-ring (bicyclic) bond motifs is 1. The van der Waals surface area contributed by atoms with Crippen LogP contribution >= 0.6 is 0 Å². The van der Waals surface area contributed by atoms with E-state index in [-0.39, 0.29) is 12.7 Å². The number of carbonyl (C=O) groups is 1. The van der Waals surface area contributed by atoms with Gasteiger partial charge in [0.2, 0.25) is 12.7 Å². The lowest BCUT2D eigenvalue weighted by atomic mass is 10.1. The third-order valence-corrected chi connectivity index (χ3v) is 4.67. The molecule has 1 amide bonds. The van der Waals surface area contributed by atoms with Crippen molar-refractivity contribution in [3.63, 3.8) is 0 Å². The number of aryl methyl sites for hydroxylation is 2. The Balaban J connectivity index is 1.51. The fraction of sp³-hybridized carbons (Fsp3) is 0.227. The Bertz CT molecular complexity index is 933. The van der Waals surface area contributed by atoms with Crippen LogP contribution in [-0.2, 0) is 17.8 Å². The van der Waals surface area contributed by atoms with E-state index >= 15 is 0 Å². The number of benzene rings is 2. The smallest absolute Gasteiger partial charge is 0.231 e. The minimum Gasteiger partial charge on any atom is -0.467 e. The maximum absolute atomic E-state index is 13.1. The summed E-state index contributed by atoms with van der Waals surface area (Å²) in [7, 11) is 0. The van der Waals surface area contributed by atoms with Crippen LogP contribution < -0.4 is 14.4 Å². The van der Waals surface area contributed by atoms with Gasteiger partial charge in [-0.2, -0.15) is 0 Å². The second-order valence-corrected chi connectivity index (χ2v) is 6.53. The molecule has 1 aromatic heterocycles. The lowest BCUT2D eigenvalue weighted by Gasteiger charge is -2.24. The van der Waals surface area contributed by atoms with Gasteiger partial charge in [-0.25, -0.2) is 0 Å². The van der Waals surface area contributed by atoms with E-state index in [1.165, 1.54) is 0 Å². The molecule has 2 heterocycles. The Morgan fingerprint density at radius 2 is 1.89 bits per heavy atom. The van der Waals surface area contributed by atoms with Gasteiger partial charge in [-0.05, 0) is 54.8 Å². The van der Waals surface area contributed by atoms with E-state index in [9.17, 15) is 4.79 Å². The molecule has 0 radical (unpaired) electrons. The third-order valence-electron chi connectivity index (χ3n) is 4.67. The summed E-state index contributed by atoms with van der Waals surface area (Å²) in [5.74, 6) is 2.31. The lowest BCUT2D eigenvalue weighted by Crippen LogP contribution is -2.31. The van der Waals surface area contributed by atoms with Gasteiger partial charge in [-0.1, -0.05) is 24.3 Å². The normalized spacial score (nSPS) is 12.2. The van der Waals surface area contributed by atoms with Crippen LogP contribution in [0, 0.1) is 6.92 Å². The fourth-order valence-electron chi connectivity index (χ4n) is 3.22. The molecular formula is C22H21NO4. The van der Waals surface area contributed by atoms with E-state index in [1.807, 2.05) is 61.5 Å². The molecule has 2 aromatic carbocycles. The third kappa shape index (κ3) is 3.82. The molecule has 138 valence electrons. The highest BCUT2D eigenvalue weighted by atomic mass is 16.7. The van der Waals surface area contributed by atoms with Gasteiger partial charge in [0.15, 0.2) is 11.5 Å². The number of amides is 1. The van der Waals surface area contributed by atoms with E-state index in [1.54, 1.807) is 11.2 Å². The largest absolute Gasteiger partial charge is 0.467 e. The number of para-hydroxylation sites is 1. The van der Waals surface area contributed by atoms with Crippen LogP contribution in [0.2, 0.25) is 0 Å². The minimum absolute atomic E-state index is 0.0540. The number of ether oxygens (including phenoxy) is 2. The fourth-order valence-corrected chi connectivity index (χ4v) is 3.22. The number of nitrogens with zero attached hydrogens (tertiary/aromatic N) is 1. The average molecular weight is 363 g/mol. The number of anilines is 1. The summed E-state index contributed by atoms with van der Waals surface area (Å²) in [6.45, 7) is 2.68. The summed E-state index contributed by atoms with van der Waals surface area (Å²) in [5.41, 5.74) is 3.01. The van der Waals surface area contributed by atoms with E-state index in [0.29, 0.717) is 19.4 Å². The first-order valence-corrected chi connectivity index (χ1v) is 8.97. The van der Waals surface area contributed by atoms with Gasteiger partial charge in [-0.15, -0.1) is 0 Å². The van der Waals surface area contributed by atoms with Crippen molar-refractivity contribution in [3.05, 3.63) is 77.7 Å². The van der Waals surface area contributed by atoms with Crippen LogP contribution in [0.15, 0.2) is 65.3 Å². The summed E-state index contributed by atoms with van der Waals surface area (Å²) >= 11 is 0. The van der Waals surface area contributed by atoms with Crippen molar-refractivity contribution in [1.82, 2.24) is 0 Å². The minimum atomic E-state index is 0.0540. The van der Waals surface area contributed by atoms with Crippen molar-refractivity contribution in [3.8, 4) is 11.5 Å². The Hall–Kier alpha value is -3.21. The first-order valence-electron chi connectivity index (χ1n) is 8.97. The average Bonchev–Trinajstić information content (AvgIpc) is 3.36. The maximum atomic E-state index is 13.1. The number of furan rings is 1. The SMILES string of the molecule is Cc1ccccc1N(Cc1ccco1)C(=O)CCc1ccc2c(c1)OCO2. The summed E-state index contributed by atoms with van der Waals surface area (Å²) < 4.78 is 16.2. The zero-order valence-electron chi connectivity index (χ0n) is 15.2. The molecule has 5 heteroatoms. The van der Waals surface area contributed by atoms with Crippen molar-refractivity contribution < 1.29 is 18.7 Å². The summed E-state index contributed by atoms with van der Waals surface area (Å²) in [4.78, 5) is 14.9. The second kappa shape index (κ2) is 7.58. The van der Waals surface area contributed by atoms with E-state index in [0.717, 1.165) is 34.1 Å². The van der Waals surface area contributed by atoms with Gasteiger partial charge in [0.25, 0.3) is 0 Å². The topological polar surface area (TPSA) is 51.9 Å². The Morgan fingerprint density at radius 1 is 1.04 bits per heavy atom. The summed E-state index contributed by atoms with van der Waals surface area (Å²) in [6, 6.07) is 17.4. The molecule has 3 aromatic rings. The molecule has 0 saturated heterocycles. The molecule has 0 spiro atoms. The van der Waals surface area contributed by atoms with Gasteiger partial charge >= 0.3 is 0 Å². The molecule has 1 aliphatic rings. The monoisotopic (exact) mass is 363 g/mol. The molecule has 27 heavy (non-hydrogen) atoms. The zero-order chi connectivity index (χ0) is 18.6. The Kier molecular flexibility index (Phi) is 4.83. The molecule has 4 rings (SSSR count). The van der Waals surface area contributed by atoms with Crippen molar-refractivity contribution in [2.75, 3.05) is 11.7 Å². The maximum Gasteiger partial charge on any atom is 0.231 e. The highest BCUT2D eigenvalue weighted by molar-refractivity contribution is 5.94. The molecule has 0 unspecified atom stereocenters. The number of hydrogen-bond acceptors (Lipinski definition) is 4. The van der Waals surface area contributed by atoms with Crippen LogP contribution in [0.25, 0.3) is 0 Å². The molecule has 0 aliphatic carbocycles. The first kappa shape index (κ1) is 17.2.